The Morgan fingerprint density at radius 3 is 1.74 bits per heavy atom. The number of esters is 4. The molecule has 0 aromatic carbocycles. The van der Waals surface area contributed by atoms with Gasteiger partial charge in [-0.05, 0) is 101 Å². The molecule has 0 radical (unpaired) electrons. The first-order chi connectivity index (χ1) is 21.3. The zero-order valence-electron chi connectivity index (χ0n) is 30.5. The van der Waals surface area contributed by atoms with Crippen LogP contribution in [0.1, 0.15) is 146 Å². The minimum atomic E-state index is -0.710. The highest BCUT2D eigenvalue weighted by Gasteiger charge is 2.48. The van der Waals surface area contributed by atoms with Crippen molar-refractivity contribution in [1.29, 1.82) is 0 Å². The number of hydrogen-bond donors (Lipinski definition) is 0. The summed E-state index contributed by atoms with van der Waals surface area (Å²) < 4.78 is 22.2. The molecule has 3 aliphatic rings. The molecule has 0 N–H and O–H groups in total. The molecule has 0 aromatic heterocycles. The maximum absolute atomic E-state index is 13.2. The number of fused-ring (bicyclic) bond motifs is 2. The van der Waals surface area contributed by atoms with Crippen molar-refractivity contribution in [1.82, 2.24) is 0 Å². The first kappa shape index (κ1) is 38.3. The number of rotatable bonds is 13. The van der Waals surface area contributed by atoms with Gasteiger partial charge in [0, 0.05) is 0 Å². The number of ether oxygens (including phenoxy) is 4. The minimum absolute atomic E-state index is 0.0498. The molecule has 0 aliphatic heterocycles. The normalized spacial score (nSPS) is 26.8. The van der Waals surface area contributed by atoms with Crippen molar-refractivity contribution < 1.29 is 38.1 Å². The van der Waals surface area contributed by atoms with Crippen molar-refractivity contribution in [3.05, 3.63) is 0 Å². The lowest BCUT2D eigenvalue weighted by atomic mass is 9.61. The summed E-state index contributed by atoms with van der Waals surface area (Å²) in [6.07, 6.45) is 13.2. The molecule has 3 rings (SSSR count). The van der Waals surface area contributed by atoms with Crippen LogP contribution in [0.2, 0.25) is 0 Å². The summed E-state index contributed by atoms with van der Waals surface area (Å²) in [5, 5.41) is 0. The van der Waals surface area contributed by atoms with E-state index in [1.165, 1.54) is 38.5 Å². The average molecular weight is 649 g/mol. The summed E-state index contributed by atoms with van der Waals surface area (Å²) in [7, 11) is 0. The van der Waals surface area contributed by atoms with E-state index in [0.29, 0.717) is 25.2 Å². The zero-order valence-corrected chi connectivity index (χ0v) is 30.5. The van der Waals surface area contributed by atoms with E-state index in [9.17, 15) is 19.2 Å². The molecule has 8 heteroatoms. The van der Waals surface area contributed by atoms with Crippen LogP contribution >= 0.6 is 0 Å². The Hall–Kier alpha value is -2.12. The predicted molar refractivity (Wildman–Crippen MR) is 178 cm³/mol. The van der Waals surface area contributed by atoms with Gasteiger partial charge in [-0.25, -0.2) is 4.79 Å². The van der Waals surface area contributed by atoms with E-state index in [-0.39, 0.29) is 30.0 Å². The van der Waals surface area contributed by atoms with Crippen LogP contribution in [0, 0.1) is 45.8 Å². The molecule has 3 fully saturated rings. The topological polar surface area (TPSA) is 105 Å². The van der Waals surface area contributed by atoms with Crippen molar-refractivity contribution in [2.45, 2.75) is 151 Å². The number of hydrogen-bond acceptors (Lipinski definition) is 8. The quantitative estimate of drug-likeness (QED) is 0.112. The molecule has 0 spiro atoms. The summed E-state index contributed by atoms with van der Waals surface area (Å²) >= 11 is 0. The van der Waals surface area contributed by atoms with Gasteiger partial charge >= 0.3 is 23.9 Å². The van der Waals surface area contributed by atoms with Gasteiger partial charge in [0.15, 0.2) is 6.61 Å². The molecule has 0 aromatic rings. The van der Waals surface area contributed by atoms with Crippen LogP contribution in [-0.2, 0) is 38.1 Å². The largest absolute Gasteiger partial charge is 0.462 e. The van der Waals surface area contributed by atoms with Gasteiger partial charge in [-0.2, -0.15) is 0 Å². The highest BCUT2D eigenvalue weighted by Crippen LogP contribution is 2.47. The van der Waals surface area contributed by atoms with Gasteiger partial charge in [0.2, 0.25) is 0 Å². The van der Waals surface area contributed by atoms with E-state index in [4.69, 9.17) is 18.9 Å². The van der Waals surface area contributed by atoms with Crippen LogP contribution in [0.25, 0.3) is 0 Å². The Balaban J connectivity index is 1.42. The van der Waals surface area contributed by atoms with Gasteiger partial charge in [-0.15, -0.1) is 0 Å². The van der Waals surface area contributed by atoms with Crippen LogP contribution in [-0.4, -0.2) is 49.3 Å². The second-order valence-corrected chi connectivity index (χ2v) is 17.7. The summed E-state index contributed by atoms with van der Waals surface area (Å²) in [5.74, 6) is -0.830. The van der Waals surface area contributed by atoms with Gasteiger partial charge in [-0.3, -0.25) is 14.4 Å². The molecule has 0 saturated heterocycles. The maximum Gasteiger partial charge on any atom is 0.344 e. The molecule has 2 bridgehead atoms. The van der Waals surface area contributed by atoms with Crippen LogP contribution in [0.15, 0.2) is 0 Å². The van der Waals surface area contributed by atoms with Gasteiger partial charge in [0.1, 0.15) is 18.8 Å². The second-order valence-electron chi connectivity index (χ2n) is 17.7. The fourth-order valence-corrected chi connectivity index (χ4v) is 8.22. The molecular weight excluding hydrogens is 584 g/mol. The highest BCUT2D eigenvalue weighted by molar-refractivity contribution is 5.84. The first-order valence-electron chi connectivity index (χ1n) is 18.0. The lowest BCUT2D eigenvalue weighted by molar-refractivity contribution is -0.174. The fraction of sp³-hybridized carbons (Fsp3) is 0.895. The van der Waals surface area contributed by atoms with E-state index < -0.39 is 47.4 Å². The third-order valence-corrected chi connectivity index (χ3v) is 11.0. The molecule has 46 heavy (non-hydrogen) atoms. The molecule has 0 amide bonds. The smallest absolute Gasteiger partial charge is 0.344 e. The zero-order chi connectivity index (χ0) is 34.3. The van der Waals surface area contributed by atoms with Gasteiger partial charge in [0.25, 0.3) is 0 Å². The van der Waals surface area contributed by atoms with E-state index >= 15 is 0 Å². The molecule has 3 aliphatic carbocycles. The maximum atomic E-state index is 13.2. The molecule has 8 nitrogen and oxygen atoms in total. The van der Waals surface area contributed by atoms with Gasteiger partial charge < -0.3 is 18.9 Å². The third kappa shape index (κ3) is 11.2. The molecule has 264 valence electrons. The van der Waals surface area contributed by atoms with Crippen LogP contribution in [0.5, 0.6) is 0 Å². The Bertz CT molecular complexity index is 1040. The standard InChI is InChI=1S/C38H64O8/c1-35(2,3)25-38(9,36(4,5)6)34(42)44-20-19-43-32(40)29-15-10-11-16-30(29)33(41)45-24-31(39)46-37(7,8)18-17-28-22-26-13-12-14-27(21-26)23-28/h26-30H,10-25H2,1-9H3. The molecule has 3 saturated carbocycles. The Morgan fingerprint density at radius 1 is 0.652 bits per heavy atom. The summed E-state index contributed by atoms with van der Waals surface area (Å²) in [6.45, 7) is 17.6. The van der Waals surface area contributed by atoms with Crippen molar-refractivity contribution >= 4 is 23.9 Å². The van der Waals surface area contributed by atoms with E-state index in [1.807, 2.05) is 41.5 Å². The lowest BCUT2D eigenvalue weighted by Crippen LogP contribution is -2.44. The Labute approximate surface area is 278 Å². The fourth-order valence-electron chi connectivity index (χ4n) is 8.22. The van der Waals surface area contributed by atoms with Crippen LogP contribution in [0.4, 0.5) is 0 Å². The highest BCUT2D eigenvalue weighted by atomic mass is 16.6. The first-order valence-corrected chi connectivity index (χ1v) is 18.0. The molecule has 5 atom stereocenters. The van der Waals surface area contributed by atoms with E-state index in [1.54, 1.807) is 0 Å². The Kier molecular flexibility index (Phi) is 13.2. The summed E-state index contributed by atoms with van der Waals surface area (Å²) in [6, 6.07) is 0. The van der Waals surface area contributed by atoms with E-state index in [2.05, 4.69) is 20.8 Å². The van der Waals surface area contributed by atoms with Crippen LogP contribution < -0.4 is 0 Å². The molecule has 0 heterocycles. The average Bonchev–Trinajstić information content (AvgIpc) is 2.95. The van der Waals surface area contributed by atoms with Crippen LogP contribution in [0.3, 0.4) is 0 Å². The summed E-state index contributed by atoms with van der Waals surface area (Å²) in [4.78, 5) is 51.9. The third-order valence-electron chi connectivity index (χ3n) is 11.0. The van der Waals surface area contributed by atoms with Crippen molar-refractivity contribution in [2.75, 3.05) is 19.8 Å². The number of carbonyl (C=O) groups excluding carboxylic acids is 4. The van der Waals surface area contributed by atoms with Crippen molar-refractivity contribution in [3.63, 3.8) is 0 Å². The van der Waals surface area contributed by atoms with Gasteiger partial charge in [0.05, 0.1) is 17.3 Å². The summed E-state index contributed by atoms with van der Waals surface area (Å²) in [5.41, 5.74) is -1.73. The van der Waals surface area contributed by atoms with Crippen molar-refractivity contribution in [3.8, 4) is 0 Å². The second kappa shape index (κ2) is 15.9. The van der Waals surface area contributed by atoms with Gasteiger partial charge in [-0.1, -0.05) is 73.6 Å². The van der Waals surface area contributed by atoms with Crippen molar-refractivity contribution in [2.24, 2.45) is 45.8 Å². The lowest BCUT2D eigenvalue weighted by Gasteiger charge is -2.43. The predicted octanol–water partition coefficient (Wildman–Crippen LogP) is 8.23. The Morgan fingerprint density at radius 2 is 1.20 bits per heavy atom. The number of carbonyl (C=O) groups is 4. The SMILES string of the molecule is CC(C)(C)CC(C)(C(=O)OCCOC(=O)C1CCCCC1C(=O)OCC(=O)OC(C)(C)CCC1CC2CCCC(C2)C1)C(C)(C)C. The molecule has 5 unspecified atom stereocenters. The minimum Gasteiger partial charge on any atom is -0.462 e. The molecular formula is C38H64O8. The monoisotopic (exact) mass is 648 g/mol. The van der Waals surface area contributed by atoms with E-state index in [0.717, 1.165) is 37.5 Å².